The fourth-order valence-electron chi connectivity index (χ4n) is 2.32. The smallest absolute Gasteiger partial charge is 0.186 e. The van der Waals surface area contributed by atoms with Gasteiger partial charge in [-0.3, -0.25) is 0 Å². The third kappa shape index (κ3) is 2.20. The molecule has 0 bridgehead atoms. The first-order valence-electron chi connectivity index (χ1n) is 6.54. The predicted octanol–water partition coefficient (Wildman–Crippen LogP) is 3.87. The second kappa shape index (κ2) is 5.13. The van der Waals surface area contributed by atoms with Crippen molar-refractivity contribution >= 4 is 38.8 Å². The summed E-state index contributed by atoms with van der Waals surface area (Å²) in [4.78, 5) is 0.849. The minimum Gasteiger partial charge on any atom is -0.186 e. The van der Waals surface area contributed by atoms with Gasteiger partial charge in [-0.2, -0.15) is 21.4 Å². The SMILES string of the molecule is CSCc1nnc2sc(-c3ccc4ccccc4c3)nn12. The maximum absolute atomic E-state index is 4.67. The molecular formula is C15H12N4S2. The van der Waals surface area contributed by atoms with Gasteiger partial charge in [0.25, 0.3) is 0 Å². The molecule has 0 spiro atoms. The van der Waals surface area contributed by atoms with Crippen LogP contribution in [0.2, 0.25) is 0 Å². The van der Waals surface area contributed by atoms with Crippen LogP contribution in [0.25, 0.3) is 26.3 Å². The Morgan fingerprint density at radius 1 is 1.10 bits per heavy atom. The highest BCUT2D eigenvalue weighted by molar-refractivity contribution is 7.97. The molecule has 21 heavy (non-hydrogen) atoms. The van der Waals surface area contributed by atoms with E-state index >= 15 is 0 Å². The number of fused-ring (bicyclic) bond motifs is 2. The molecule has 0 fully saturated rings. The highest BCUT2D eigenvalue weighted by Gasteiger charge is 2.12. The number of hydrogen-bond donors (Lipinski definition) is 0. The molecule has 104 valence electrons. The minimum absolute atomic E-state index is 0.821. The topological polar surface area (TPSA) is 43.1 Å². The molecule has 0 aliphatic carbocycles. The lowest BCUT2D eigenvalue weighted by molar-refractivity contribution is 0.888. The van der Waals surface area contributed by atoms with Crippen molar-refractivity contribution in [3.63, 3.8) is 0 Å². The summed E-state index contributed by atoms with van der Waals surface area (Å²) in [5, 5.41) is 16.5. The lowest BCUT2D eigenvalue weighted by Gasteiger charge is -2.00. The van der Waals surface area contributed by atoms with Crippen molar-refractivity contribution in [2.45, 2.75) is 5.75 Å². The van der Waals surface area contributed by atoms with Gasteiger partial charge >= 0.3 is 0 Å². The van der Waals surface area contributed by atoms with Crippen LogP contribution in [0, 0.1) is 0 Å². The summed E-state index contributed by atoms with van der Waals surface area (Å²) >= 11 is 3.30. The van der Waals surface area contributed by atoms with Crippen LogP contribution in [-0.4, -0.2) is 26.1 Å². The second-order valence-electron chi connectivity index (χ2n) is 4.71. The Bertz CT molecular complexity index is 926. The summed E-state index contributed by atoms with van der Waals surface area (Å²) in [5.41, 5.74) is 1.12. The summed E-state index contributed by atoms with van der Waals surface area (Å²) in [7, 11) is 0. The van der Waals surface area contributed by atoms with Crippen LogP contribution in [0.4, 0.5) is 0 Å². The van der Waals surface area contributed by atoms with E-state index in [-0.39, 0.29) is 0 Å². The van der Waals surface area contributed by atoms with Gasteiger partial charge in [0.1, 0.15) is 5.01 Å². The fraction of sp³-hybridized carbons (Fsp3) is 0.133. The van der Waals surface area contributed by atoms with E-state index < -0.39 is 0 Å². The first kappa shape index (κ1) is 12.8. The van der Waals surface area contributed by atoms with Crippen LogP contribution in [0.1, 0.15) is 5.82 Å². The molecule has 2 aromatic carbocycles. The number of nitrogens with zero attached hydrogens (tertiary/aromatic N) is 4. The highest BCUT2D eigenvalue weighted by atomic mass is 32.2. The Kier molecular flexibility index (Phi) is 3.12. The minimum atomic E-state index is 0.821. The number of hydrogen-bond acceptors (Lipinski definition) is 5. The van der Waals surface area contributed by atoms with Crippen LogP contribution in [0.5, 0.6) is 0 Å². The van der Waals surface area contributed by atoms with Gasteiger partial charge in [-0.1, -0.05) is 47.7 Å². The average molecular weight is 312 g/mol. The lowest BCUT2D eigenvalue weighted by atomic mass is 10.1. The predicted molar refractivity (Wildman–Crippen MR) is 88.8 cm³/mol. The van der Waals surface area contributed by atoms with Gasteiger partial charge in [0, 0.05) is 5.56 Å². The van der Waals surface area contributed by atoms with Gasteiger partial charge in [-0.15, -0.1) is 10.2 Å². The van der Waals surface area contributed by atoms with E-state index in [1.54, 1.807) is 23.1 Å². The maximum atomic E-state index is 4.67. The number of thioether (sulfide) groups is 1. The quantitative estimate of drug-likeness (QED) is 0.576. The van der Waals surface area contributed by atoms with Gasteiger partial charge in [0.2, 0.25) is 4.96 Å². The first-order valence-corrected chi connectivity index (χ1v) is 8.75. The Morgan fingerprint density at radius 3 is 2.81 bits per heavy atom. The summed E-state index contributed by atoms with van der Waals surface area (Å²) < 4.78 is 1.85. The van der Waals surface area contributed by atoms with Crippen LogP contribution in [0.3, 0.4) is 0 Å². The molecule has 0 saturated carbocycles. The third-order valence-electron chi connectivity index (χ3n) is 3.33. The summed E-state index contributed by atoms with van der Waals surface area (Å²) in [6, 6.07) is 14.8. The van der Waals surface area contributed by atoms with E-state index in [0.717, 1.165) is 27.1 Å². The molecule has 4 aromatic rings. The van der Waals surface area contributed by atoms with Crippen molar-refractivity contribution in [1.29, 1.82) is 0 Å². The number of benzene rings is 2. The van der Waals surface area contributed by atoms with Gasteiger partial charge < -0.3 is 0 Å². The molecule has 0 aliphatic rings. The molecule has 0 unspecified atom stereocenters. The zero-order chi connectivity index (χ0) is 14.2. The zero-order valence-electron chi connectivity index (χ0n) is 11.4. The van der Waals surface area contributed by atoms with E-state index in [0.29, 0.717) is 0 Å². The van der Waals surface area contributed by atoms with Crippen molar-refractivity contribution in [2.24, 2.45) is 0 Å². The molecule has 4 nitrogen and oxygen atoms in total. The highest BCUT2D eigenvalue weighted by Crippen LogP contribution is 2.28. The normalized spacial score (nSPS) is 11.5. The van der Waals surface area contributed by atoms with Gasteiger partial charge in [0.05, 0.1) is 5.75 Å². The number of rotatable bonds is 3. The Balaban J connectivity index is 1.83. The average Bonchev–Trinajstić information content (AvgIpc) is 3.09. The molecule has 2 aromatic heterocycles. The van der Waals surface area contributed by atoms with E-state index in [2.05, 4.69) is 64.0 Å². The Morgan fingerprint density at radius 2 is 1.95 bits per heavy atom. The van der Waals surface area contributed by atoms with Crippen molar-refractivity contribution in [1.82, 2.24) is 19.8 Å². The van der Waals surface area contributed by atoms with Crippen molar-refractivity contribution in [3.05, 3.63) is 48.3 Å². The third-order valence-corrected chi connectivity index (χ3v) is 4.82. The monoisotopic (exact) mass is 312 g/mol. The molecule has 0 aliphatic heterocycles. The van der Waals surface area contributed by atoms with E-state index in [4.69, 9.17) is 0 Å². The summed E-state index contributed by atoms with van der Waals surface area (Å²) in [6.45, 7) is 0. The van der Waals surface area contributed by atoms with Crippen LogP contribution < -0.4 is 0 Å². The molecule has 0 radical (unpaired) electrons. The maximum Gasteiger partial charge on any atom is 0.235 e. The molecule has 4 rings (SSSR count). The van der Waals surface area contributed by atoms with Crippen molar-refractivity contribution in [2.75, 3.05) is 6.26 Å². The van der Waals surface area contributed by atoms with E-state index in [1.807, 2.05) is 4.52 Å². The first-order chi connectivity index (χ1) is 10.3. The van der Waals surface area contributed by atoms with Crippen molar-refractivity contribution in [3.8, 4) is 10.6 Å². The zero-order valence-corrected chi connectivity index (χ0v) is 13.0. The molecule has 0 amide bonds. The van der Waals surface area contributed by atoms with Crippen LogP contribution in [0.15, 0.2) is 42.5 Å². The van der Waals surface area contributed by atoms with Crippen LogP contribution >= 0.6 is 23.1 Å². The van der Waals surface area contributed by atoms with Gasteiger partial charge in [0.15, 0.2) is 5.82 Å². The summed E-state index contributed by atoms with van der Waals surface area (Å²) in [6.07, 6.45) is 2.05. The lowest BCUT2D eigenvalue weighted by Crippen LogP contribution is -1.93. The molecule has 2 heterocycles. The molecule has 6 heteroatoms. The van der Waals surface area contributed by atoms with E-state index in [9.17, 15) is 0 Å². The largest absolute Gasteiger partial charge is 0.235 e. The van der Waals surface area contributed by atoms with E-state index in [1.165, 1.54) is 10.8 Å². The van der Waals surface area contributed by atoms with Gasteiger partial charge in [-0.25, -0.2) is 0 Å². The Labute approximate surface area is 129 Å². The fourth-order valence-corrected chi connectivity index (χ4v) is 3.61. The number of aromatic nitrogens is 4. The molecule has 0 saturated heterocycles. The van der Waals surface area contributed by atoms with Crippen molar-refractivity contribution < 1.29 is 0 Å². The second-order valence-corrected chi connectivity index (χ2v) is 6.53. The van der Waals surface area contributed by atoms with Gasteiger partial charge in [-0.05, 0) is 23.1 Å². The molecule has 0 atom stereocenters. The summed E-state index contributed by atoms with van der Waals surface area (Å²) in [5.74, 6) is 1.72. The standard InChI is InChI=1S/C15H12N4S2/c1-20-9-13-16-17-15-19(13)18-14(21-15)12-7-6-10-4-2-3-5-11(10)8-12/h2-8H,9H2,1H3. The Hall–Kier alpha value is -1.92. The molecule has 0 N–H and O–H groups in total. The molecular weight excluding hydrogens is 300 g/mol. The van der Waals surface area contributed by atoms with Crippen LogP contribution in [-0.2, 0) is 5.75 Å².